The van der Waals surface area contributed by atoms with Crippen LogP contribution in [0.1, 0.15) is 67.5 Å². The number of aromatic amines is 1. The van der Waals surface area contributed by atoms with Crippen molar-refractivity contribution in [2.24, 2.45) is 0 Å². The highest BCUT2D eigenvalue weighted by atomic mass is 19.1. The van der Waals surface area contributed by atoms with Gasteiger partial charge in [-0.05, 0) is 47.9 Å². The van der Waals surface area contributed by atoms with E-state index in [1.807, 2.05) is 56.3 Å². The fraction of sp³-hybridized carbons (Fsp3) is 0.385. The molecule has 1 fully saturated rings. The van der Waals surface area contributed by atoms with Crippen LogP contribution in [0.2, 0.25) is 0 Å². The lowest BCUT2D eigenvalue weighted by molar-refractivity contribution is -0.138. The van der Waals surface area contributed by atoms with E-state index in [0.717, 1.165) is 18.4 Å². The molecule has 8 heteroatoms. The number of aromatic nitrogens is 3. The van der Waals surface area contributed by atoms with Crippen molar-refractivity contribution in [1.82, 2.24) is 25.6 Å². The molecule has 2 amide bonds. The fourth-order valence-corrected chi connectivity index (χ4v) is 4.49. The van der Waals surface area contributed by atoms with Crippen LogP contribution in [0.4, 0.5) is 4.39 Å². The summed E-state index contributed by atoms with van der Waals surface area (Å²) in [5, 5.41) is 13.3. The lowest BCUT2D eigenvalue weighted by atomic mass is 9.93. The Morgan fingerprint density at radius 2 is 2.00 bits per heavy atom. The van der Waals surface area contributed by atoms with Gasteiger partial charge in [0.1, 0.15) is 11.9 Å². The molecule has 3 atom stereocenters. The summed E-state index contributed by atoms with van der Waals surface area (Å²) in [6.07, 6.45) is 3.77. The standard InChI is InChI=1S/C26H30FN5O2/c1-3-17(2)21-12-11-19(14-22(21)27)25(18-8-5-4-6-9-18)29-26(34)23-10-7-13-32(23)24(33)15-20-16-28-31-30-20/h4-6,8-9,11-12,14,16-17,23,25H,3,7,10,13,15H2,1-2H3,(H,29,34)(H,28,30,31)/t17?,23-,25?/m0/s1. The van der Waals surface area contributed by atoms with E-state index >= 15 is 0 Å². The third kappa shape index (κ3) is 5.16. The van der Waals surface area contributed by atoms with E-state index in [0.29, 0.717) is 29.8 Å². The Bertz CT molecular complexity index is 1120. The number of halogens is 1. The van der Waals surface area contributed by atoms with Gasteiger partial charge >= 0.3 is 0 Å². The molecule has 0 bridgehead atoms. The van der Waals surface area contributed by atoms with Crippen LogP contribution >= 0.6 is 0 Å². The van der Waals surface area contributed by atoms with Crippen LogP contribution in [0.25, 0.3) is 0 Å². The third-order valence-electron chi connectivity index (χ3n) is 6.59. The molecule has 0 spiro atoms. The fourth-order valence-electron chi connectivity index (χ4n) is 4.49. The van der Waals surface area contributed by atoms with E-state index in [9.17, 15) is 14.0 Å². The van der Waals surface area contributed by atoms with E-state index in [4.69, 9.17) is 0 Å². The number of likely N-dealkylation sites (tertiary alicyclic amines) is 1. The van der Waals surface area contributed by atoms with Crippen LogP contribution in [0, 0.1) is 5.82 Å². The number of benzene rings is 2. The number of amides is 2. The number of carbonyl (C=O) groups excluding carboxylic acids is 2. The summed E-state index contributed by atoms with van der Waals surface area (Å²) < 4.78 is 15.0. The highest BCUT2D eigenvalue weighted by Crippen LogP contribution is 2.29. The summed E-state index contributed by atoms with van der Waals surface area (Å²) in [5.74, 6) is -0.563. The molecule has 0 radical (unpaired) electrons. The molecule has 1 saturated heterocycles. The van der Waals surface area contributed by atoms with Gasteiger partial charge in [-0.1, -0.05) is 56.3 Å². The van der Waals surface area contributed by atoms with Crippen molar-refractivity contribution in [1.29, 1.82) is 0 Å². The minimum Gasteiger partial charge on any atom is -0.343 e. The van der Waals surface area contributed by atoms with Gasteiger partial charge in [-0.25, -0.2) is 4.39 Å². The van der Waals surface area contributed by atoms with E-state index in [-0.39, 0.29) is 30.0 Å². The molecule has 1 aliphatic rings. The second-order valence-corrected chi connectivity index (χ2v) is 8.83. The SMILES string of the molecule is CCC(C)c1ccc(C(NC(=O)[C@@H]2CCCN2C(=O)Cc2cn[nH]n2)c2ccccc2)cc1F. The van der Waals surface area contributed by atoms with Crippen LogP contribution in [-0.2, 0) is 16.0 Å². The topological polar surface area (TPSA) is 91.0 Å². The number of H-pyrrole nitrogens is 1. The van der Waals surface area contributed by atoms with Crippen molar-refractivity contribution in [3.63, 3.8) is 0 Å². The molecule has 0 aliphatic carbocycles. The highest BCUT2D eigenvalue weighted by molar-refractivity contribution is 5.89. The summed E-state index contributed by atoms with van der Waals surface area (Å²) in [5.41, 5.74) is 2.73. The van der Waals surface area contributed by atoms with Gasteiger partial charge in [0.05, 0.1) is 24.4 Å². The minimum atomic E-state index is -0.574. The predicted molar refractivity (Wildman–Crippen MR) is 126 cm³/mol. The number of nitrogens with one attached hydrogen (secondary N) is 2. The van der Waals surface area contributed by atoms with Crippen molar-refractivity contribution < 1.29 is 14.0 Å². The Kier molecular flexibility index (Phi) is 7.35. The average Bonchev–Trinajstić information content (AvgIpc) is 3.55. The molecule has 178 valence electrons. The number of hydrogen-bond donors (Lipinski definition) is 2. The number of carbonyl (C=O) groups is 2. The summed E-state index contributed by atoms with van der Waals surface area (Å²) >= 11 is 0. The quantitative estimate of drug-likeness (QED) is 0.530. The number of rotatable bonds is 8. The van der Waals surface area contributed by atoms with Gasteiger partial charge in [0.15, 0.2) is 0 Å². The van der Waals surface area contributed by atoms with Gasteiger partial charge in [0.2, 0.25) is 11.8 Å². The second kappa shape index (κ2) is 10.6. The van der Waals surface area contributed by atoms with Gasteiger partial charge in [-0.2, -0.15) is 15.4 Å². The van der Waals surface area contributed by atoms with Crippen LogP contribution in [-0.4, -0.2) is 44.7 Å². The minimum absolute atomic E-state index is 0.0880. The first-order valence-corrected chi connectivity index (χ1v) is 11.8. The maximum atomic E-state index is 15.0. The van der Waals surface area contributed by atoms with Crippen molar-refractivity contribution >= 4 is 11.8 Å². The van der Waals surface area contributed by atoms with Gasteiger partial charge < -0.3 is 10.2 Å². The molecule has 4 rings (SSSR count). The first-order chi connectivity index (χ1) is 16.5. The van der Waals surface area contributed by atoms with E-state index in [1.54, 1.807) is 4.90 Å². The number of hydrogen-bond acceptors (Lipinski definition) is 4. The molecule has 34 heavy (non-hydrogen) atoms. The molecular formula is C26H30FN5O2. The smallest absolute Gasteiger partial charge is 0.243 e. The molecular weight excluding hydrogens is 433 g/mol. The van der Waals surface area contributed by atoms with Crippen LogP contribution in [0.3, 0.4) is 0 Å². The molecule has 7 nitrogen and oxygen atoms in total. The number of nitrogens with zero attached hydrogens (tertiary/aromatic N) is 3. The zero-order valence-corrected chi connectivity index (χ0v) is 19.5. The van der Waals surface area contributed by atoms with E-state index in [2.05, 4.69) is 20.7 Å². The lowest BCUT2D eigenvalue weighted by Crippen LogP contribution is -2.47. The van der Waals surface area contributed by atoms with Gasteiger partial charge in [0.25, 0.3) is 0 Å². The predicted octanol–water partition coefficient (Wildman–Crippen LogP) is 3.90. The molecule has 2 aromatic carbocycles. The normalized spacial score (nSPS) is 17.4. The Morgan fingerprint density at radius 3 is 2.68 bits per heavy atom. The van der Waals surface area contributed by atoms with Crippen molar-refractivity contribution in [3.05, 3.63) is 82.9 Å². The first-order valence-electron chi connectivity index (χ1n) is 11.8. The van der Waals surface area contributed by atoms with Crippen LogP contribution in [0.5, 0.6) is 0 Å². The summed E-state index contributed by atoms with van der Waals surface area (Å²) in [6.45, 7) is 4.55. The third-order valence-corrected chi connectivity index (χ3v) is 6.59. The lowest BCUT2D eigenvalue weighted by Gasteiger charge is -2.27. The highest BCUT2D eigenvalue weighted by Gasteiger charge is 2.35. The molecule has 2 N–H and O–H groups in total. The van der Waals surface area contributed by atoms with Gasteiger partial charge in [-0.15, -0.1) is 0 Å². The molecule has 0 saturated carbocycles. The Labute approximate surface area is 198 Å². The van der Waals surface area contributed by atoms with Gasteiger partial charge in [0, 0.05) is 6.54 Å². The average molecular weight is 464 g/mol. The summed E-state index contributed by atoms with van der Waals surface area (Å²) in [6, 6.07) is 13.6. The zero-order valence-electron chi connectivity index (χ0n) is 19.5. The van der Waals surface area contributed by atoms with Crippen molar-refractivity contribution in [3.8, 4) is 0 Å². The Morgan fingerprint density at radius 1 is 1.21 bits per heavy atom. The maximum Gasteiger partial charge on any atom is 0.243 e. The molecule has 1 aromatic heterocycles. The van der Waals surface area contributed by atoms with Gasteiger partial charge in [-0.3, -0.25) is 9.59 Å². The summed E-state index contributed by atoms with van der Waals surface area (Å²) in [4.78, 5) is 27.8. The van der Waals surface area contributed by atoms with E-state index < -0.39 is 12.1 Å². The molecule has 3 aromatic rings. The van der Waals surface area contributed by atoms with Crippen LogP contribution in [0.15, 0.2) is 54.7 Å². The van der Waals surface area contributed by atoms with E-state index in [1.165, 1.54) is 12.3 Å². The second-order valence-electron chi connectivity index (χ2n) is 8.83. The maximum absolute atomic E-state index is 15.0. The molecule has 1 aliphatic heterocycles. The Balaban J connectivity index is 1.56. The van der Waals surface area contributed by atoms with Crippen LogP contribution < -0.4 is 5.32 Å². The molecule has 2 unspecified atom stereocenters. The summed E-state index contributed by atoms with van der Waals surface area (Å²) in [7, 11) is 0. The monoisotopic (exact) mass is 463 g/mol. The van der Waals surface area contributed by atoms with Crippen molar-refractivity contribution in [2.45, 2.75) is 57.5 Å². The first kappa shape index (κ1) is 23.6. The van der Waals surface area contributed by atoms with Crippen molar-refractivity contribution in [2.75, 3.05) is 6.54 Å². The largest absolute Gasteiger partial charge is 0.343 e. The Hall–Kier alpha value is -3.55. The molecule has 2 heterocycles. The zero-order chi connectivity index (χ0) is 24.1.